The van der Waals surface area contributed by atoms with Gasteiger partial charge in [-0.15, -0.1) is 0 Å². The number of amides is 3. The fraction of sp³-hybridized carbons (Fsp3) is 0.300. The molecule has 3 amide bonds. The second kappa shape index (κ2) is 7.26. The summed E-state index contributed by atoms with van der Waals surface area (Å²) in [6.07, 6.45) is 2.44. The lowest BCUT2D eigenvalue weighted by Gasteiger charge is -2.25. The quantitative estimate of drug-likeness (QED) is 0.871. The fourth-order valence-corrected chi connectivity index (χ4v) is 3.60. The summed E-state index contributed by atoms with van der Waals surface area (Å²) in [6, 6.07) is 11.5. The molecular formula is C20H20FN3O3. The van der Waals surface area contributed by atoms with E-state index in [2.05, 4.69) is 10.6 Å². The van der Waals surface area contributed by atoms with Crippen LogP contribution in [0.15, 0.2) is 42.5 Å². The van der Waals surface area contributed by atoms with Gasteiger partial charge < -0.3 is 20.3 Å². The minimum atomic E-state index is -0.261. The number of carbonyl (C=O) groups excluding carboxylic acids is 2. The molecule has 2 aromatic rings. The average molecular weight is 369 g/mol. The third kappa shape index (κ3) is 3.86. The van der Waals surface area contributed by atoms with Crippen molar-refractivity contribution in [2.24, 2.45) is 0 Å². The molecule has 6 nitrogen and oxygen atoms in total. The number of urea groups is 1. The molecule has 2 aliphatic rings. The van der Waals surface area contributed by atoms with Gasteiger partial charge in [0.1, 0.15) is 11.6 Å². The Morgan fingerprint density at radius 2 is 2.19 bits per heavy atom. The van der Waals surface area contributed by atoms with Gasteiger partial charge in [0.05, 0.1) is 5.69 Å². The van der Waals surface area contributed by atoms with E-state index in [9.17, 15) is 14.0 Å². The zero-order valence-electron chi connectivity index (χ0n) is 14.7. The number of likely N-dealkylation sites (tertiary alicyclic amines) is 1. The van der Waals surface area contributed by atoms with Crippen LogP contribution >= 0.6 is 0 Å². The first-order valence-electron chi connectivity index (χ1n) is 8.97. The number of benzene rings is 2. The van der Waals surface area contributed by atoms with Gasteiger partial charge in [-0.25, -0.2) is 9.18 Å². The molecule has 0 aliphatic carbocycles. The Hall–Kier alpha value is -3.09. The van der Waals surface area contributed by atoms with E-state index in [0.29, 0.717) is 30.1 Å². The topological polar surface area (TPSA) is 70.7 Å². The van der Waals surface area contributed by atoms with Crippen molar-refractivity contribution in [3.63, 3.8) is 0 Å². The minimum Gasteiger partial charge on any atom is -0.482 e. The van der Waals surface area contributed by atoms with Crippen LogP contribution in [0.25, 0.3) is 0 Å². The maximum absolute atomic E-state index is 13.4. The number of carbonyl (C=O) groups is 2. The lowest BCUT2D eigenvalue weighted by Crippen LogP contribution is -2.39. The van der Waals surface area contributed by atoms with Crippen LogP contribution in [-0.4, -0.2) is 36.0 Å². The number of nitrogens with one attached hydrogen (secondary N) is 2. The predicted octanol–water partition coefficient (Wildman–Crippen LogP) is 3.40. The second-order valence-electron chi connectivity index (χ2n) is 6.80. The van der Waals surface area contributed by atoms with Crippen molar-refractivity contribution in [3.05, 3.63) is 53.8 Å². The smallest absolute Gasteiger partial charge is 0.322 e. The predicted molar refractivity (Wildman–Crippen MR) is 99.4 cm³/mol. The highest BCUT2D eigenvalue weighted by atomic mass is 19.1. The first-order valence-corrected chi connectivity index (χ1v) is 8.97. The summed E-state index contributed by atoms with van der Waals surface area (Å²) >= 11 is 0. The fourth-order valence-electron chi connectivity index (χ4n) is 3.60. The molecule has 2 aliphatic heterocycles. The van der Waals surface area contributed by atoms with Crippen molar-refractivity contribution < 1.29 is 18.7 Å². The summed E-state index contributed by atoms with van der Waals surface area (Å²) in [7, 11) is 0. The average Bonchev–Trinajstić information content (AvgIpc) is 3.10. The van der Waals surface area contributed by atoms with Gasteiger partial charge in [-0.05, 0) is 49.1 Å². The van der Waals surface area contributed by atoms with Crippen LogP contribution in [0.4, 0.5) is 20.6 Å². The summed E-state index contributed by atoms with van der Waals surface area (Å²) in [4.78, 5) is 25.9. The molecule has 0 aromatic heterocycles. The van der Waals surface area contributed by atoms with Gasteiger partial charge in [-0.2, -0.15) is 0 Å². The van der Waals surface area contributed by atoms with Gasteiger partial charge in [0.2, 0.25) is 0 Å². The Bertz CT molecular complexity index is 887. The molecular weight excluding hydrogens is 349 g/mol. The number of ether oxygens (including phenoxy) is 1. The number of rotatable bonds is 3. The number of fused-ring (bicyclic) bond motifs is 1. The number of hydrogen-bond donors (Lipinski definition) is 2. The summed E-state index contributed by atoms with van der Waals surface area (Å²) in [5.41, 5.74) is 2.08. The zero-order chi connectivity index (χ0) is 18.8. The lowest BCUT2D eigenvalue weighted by molar-refractivity contribution is -0.118. The van der Waals surface area contributed by atoms with E-state index in [4.69, 9.17) is 4.74 Å². The van der Waals surface area contributed by atoms with Gasteiger partial charge in [-0.3, -0.25) is 4.79 Å². The molecule has 4 rings (SSSR count). The van der Waals surface area contributed by atoms with Crippen LogP contribution in [0.2, 0.25) is 0 Å². The number of halogens is 1. The van der Waals surface area contributed by atoms with Crippen molar-refractivity contribution in [1.29, 1.82) is 0 Å². The molecule has 1 atom stereocenters. The monoisotopic (exact) mass is 369 g/mol. The van der Waals surface area contributed by atoms with E-state index in [1.807, 2.05) is 6.07 Å². The third-order valence-corrected chi connectivity index (χ3v) is 4.86. The van der Waals surface area contributed by atoms with Crippen LogP contribution in [0, 0.1) is 5.82 Å². The highest BCUT2D eigenvalue weighted by molar-refractivity contribution is 5.96. The molecule has 27 heavy (non-hydrogen) atoms. The van der Waals surface area contributed by atoms with Gasteiger partial charge in [0.15, 0.2) is 6.61 Å². The number of anilines is 2. The van der Waals surface area contributed by atoms with Crippen LogP contribution in [0.1, 0.15) is 18.4 Å². The van der Waals surface area contributed by atoms with Gasteiger partial charge >= 0.3 is 6.03 Å². The van der Waals surface area contributed by atoms with Crippen LogP contribution in [0.5, 0.6) is 5.75 Å². The zero-order valence-corrected chi connectivity index (χ0v) is 14.7. The Morgan fingerprint density at radius 3 is 3.04 bits per heavy atom. The summed E-state index contributed by atoms with van der Waals surface area (Å²) in [5.74, 6) is 0.0734. The molecule has 0 spiro atoms. The molecule has 1 fully saturated rings. The molecule has 1 unspecified atom stereocenters. The highest BCUT2D eigenvalue weighted by Crippen LogP contribution is 2.31. The largest absolute Gasteiger partial charge is 0.482 e. The van der Waals surface area contributed by atoms with Crippen LogP contribution in [-0.2, 0) is 11.2 Å². The van der Waals surface area contributed by atoms with Crippen molar-refractivity contribution in [2.45, 2.75) is 25.3 Å². The molecule has 7 heteroatoms. The van der Waals surface area contributed by atoms with E-state index in [0.717, 1.165) is 18.4 Å². The van der Waals surface area contributed by atoms with Gasteiger partial charge in [-0.1, -0.05) is 12.1 Å². The van der Waals surface area contributed by atoms with Crippen molar-refractivity contribution in [3.8, 4) is 5.75 Å². The first kappa shape index (κ1) is 17.3. The Morgan fingerprint density at radius 1 is 1.30 bits per heavy atom. The van der Waals surface area contributed by atoms with Crippen LogP contribution in [0.3, 0.4) is 0 Å². The Kier molecular flexibility index (Phi) is 4.66. The molecule has 140 valence electrons. The number of nitrogens with zero attached hydrogens (tertiary/aromatic N) is 1. The van der Waals surface area contributed by atoms with Gasteiger partial charge in [0.25, 0.3) is 5.91 Å². The van der Waals surface area contributed by atoms with E-state index < -0.39 is 0 Å². The van der Waals surface area contributed by atoms with Crippen molar-refractivity contribution >= 4 is 23.3 Å². The third-order valence-electron chi connectivity index (χ3n) is 4.86. The summed E-state index contributed by atoms with van der Waals surface area (Å²) in [6.45, 7) is 0.634. The van der Waals surface area contributed by atoms with Crippen LogP contribution < -0.4 is 15.4 Å². The van der Waals surface area contributed by atoms with E-state index in [-0.39, 0.29) is 30.4 Å². The molecule has 2 aromatic carbocycles. The van der Waals surface area contributed by atoms with Crippen molar-refractivity contribution in [2.75, 3.05) is 23.8 Å². The standard InChI is InChI=1S/C20H20FN3O3/c21-14-4-1-3-13(9-14)10-16-5-2-8-24(16)20(26)22-15-6-7-17-18(11-15)27-12-19(25)23-17/h1,3-4,6-7,9,11,16H,2,5,8,10,12H2,(H,22,26)(H,23,25). The minimum absolute atomic E-state index is 0.0355. The Labute approximate surface area is 156 Å². The molecule has 2 N–H and O–H groups in total. The molecule has 2 heterocycles. The van der Waals surface area contributed by atoms with E-state index >= 15 is 0 Å². The maximum atomic E-state index is 13.4. The second-order valence-corrected chi connectivity index (χ2v) is 6.80. The molecule has 0 saturated carbocycles. The first-order chi connectivity index (χ1) is 13.1. The Balaban J connectivity index is 1.43. The maximum Gasteiger partial charge on any atom is 0.322 e. The molecule has 0 bridgehead atoms. The summed E-state index contributed by atoms with van der Waals surface area (Å²) in [5, 5.41) is 5.61. The number of hydrogen-bond acceptors (Lipinski definition) is 3. The van der Waals surface area contributed by atoms with E-state index in [1.54, 1.807) is 29.2 Å². The van der Waals surface area contributed by atoms with Gasteiger partial charge in [0, 0.05) is 24.3 Å². The van der Waals surface area contributed by atoms with E-state index in [1.165, 1.54) is 12.1 Å². The molecule has 1 saturated heterocycles. The SMILES string of the molecule is O=C1COc2cc(NC(=O)N3CCCC3Cc3cccc(F)c3)ccc2N1. The summed E-state index contributed by atoms with van der Waals surface area (Å²) < 4.78 is 18.8. The van der Waals surface area contributed by atoms with Crippen molar-refractivity contribution in [1.82, 2.24) is 4.90 Å². The normalized spacial score (nSPS) is 18.5. The highest BCUT2D eigenvalue weighted by Gasteiger charge is 2.29. The lowest BCUT2D eigenvalue weighted by atomic mass is 10.0. The molecule has 0 radical (unpaired) electrons.